The second-order valence-corrected chi connectivity index (χ2v) is 5.56. The van der Waals surface area contributed by atoms with Crippen molar-refractivity contribution in [1.29, 1.82) is 0 Å². The second kappa shape index (κ2) is 6.09. The average Bonchev–Trinajstić information content (AvgIpc) is 2.40. The summed E-state index contributed by atoms with van der Waals surface area (Å²) in [4.78, 5) is 10.2. The van der Waals surface area contributed by atoms with Crippen LogP contribution in [-0.2, 0) is 0 Å². The van der Waals surface area contributed by atoms with Crippen LogP contribution in [-0.4, -0.2) is 17.1 Å². The van der Waals surface area contributed by atoms with Crippen LogP contribution in [0.5, 0.6) is 0 Å². The zero-order valence-corrected chi connectivity index (χ0v) is 11.7. The lowest BCUT2D eigenvalue weighted by Crippen LogP contribution is -2.32. The lowest BCUT2D eigenvalue weighted by Gasteiger charge is -2.30. The number of anilines is 1. The molecular weight excluding hydrogens is 309 g/mol. The maximum absolute atomic E-state index is 12.6. The van der Waals surface area contributed by atoms with Crippen LogP contribution in [0.3, 0.4) is 0 Å². The molecule has 0 amide bonds. The van der Waals surface area contributed by atoms with E-state index in [0.29, 0.717) is 18.5 Å². The molecule has 0 saturated heterocycles. The van der Waals surface area contributed by atoms with E-state index in [1.54, 1.807) is 6.07 Å². The van der Waals surface area contributed by atoms with Gasteiger partial charge in [0.05, 0.1) is 10.8 Å². The first-order chi connectivity index (χ1) is 9.77. The van der Waals surface area contributed by atoms with E-state index in [1.807, 2.05) is 0 Å². The van der Waals surface area contributed by atoms with Gasteiger partial charge in [0.1, 0.15) is 5.02 Å². The molecule has 0 spiro atoms. The minimum atomic E-state index is -4.13. The molecule has 0 aromatic heterocycles. The van der Waals surface area contributed by atoms with E-state index in [2.05, 4.69) is 5.32 Å². The fourth-order valence-electron chi connectivity index (χ4n) is 2.54. The van der Waals surface area contributed by atoms with Crippen LogP contribution in [0.4, 0.5) is 24.5 Å². The van der Waals surface area contributed by atoms with Crippen LogP contribution in [0.1, 0.15) is 25.7 Å². The van der Waals surface area contributed by atoms with Crippen LogP contribution in [0.2, 0.25) is 5.02 Å². The predicted octanol–water partition coefficient (Wildman–Crippen LogP) is 4.78. The molecule has 1 aromatic carbocycles. The molecule has 0 unspecified atom stereocenters. The zero-order chi connectivity index (χ0) is 15.6. The van der Waals surface area contributed by atoms with Crippen LogP contribution >= 0.6 is 11.6 Å². The van der Waals surface area contributed by atoms with E-state index in [1.165, 1.54) is 12.1 Å². The van der Waals surface area contributed by atoms with E-state index in [0.717, 1.165) is 0 Å². The smallest absolute Gasteiger partial charge is 0.382 e. The van der Waals surface area contributed by atoms with Crippen LogP contribution in [0.15, 0.2) is 18.2 Å². The van der Waals surface area contributed by atoms with Gasteiger partial charge in [0.2, 0.25) is 0 Å². The summed E-state index contributed by atoms with van der Waals surface area (Å²) in [6.07, 6.45) is -3.20. The minimum absolute atomic E-state index is 0.0336. The standard InChI is InChI=1S/C13H14ClF3N2O2/c14-11-6-5-10(7-12(11)19(20)21)18-9-3-1-8(2-4-9)13(15,16)17/h5-9,18H,1-4H2. The number of hydrogen-bond acceptors (Lipinski definition) is 3. The molecule has 0 aliphatic heterocycles. The van der Waals surface area contributed by atoms with E-state index in [-0.39, 0.29) is 29.6 Å². The van der Waals surface area contributed by atoms with Crippen molar-refractivity contribution in [1.82, 2.24) is 0 Å². The summed E-state index contributed by atoms with van der Waals surface area (Å²) in [5, 5.41) is 13.9. The molecule has 0 heterocycles. The Morgan fingerprint density at radius 2 is 1.86 bits per heavy atom. The summed E-state index contributed by atoms with van der Waals surface area (Å²) in [7, 11) is 0. The number of benzene rings is 1. The van der Waals surface area contributed by atoms with E-state index >= 15 is 0 Å². The first-order valence-corrected chi connectivity index (χ1v) is 6.92. The first kappa shape index (κ1) is 15.9. The summed E-state index contributed by atoms with van der Waals surface area (Å²) >= 11 is 5.71. The fourth-order valence-corrected chi connectivity index (χ4v) is 2.73. The van der Waals surface area contributed by atoms with Crippen molar-refractivity contribution < 1.29 is 18.1 Å². The largest absolute Gasteiger partial charge is 0.391 e. The fraction of sp³-hybridized carbons (Fsp3) is 0.538. The van der Waals surface area contributed by atoms with Gasteiger partial charge in [0.15, 0.2) is 0 Å². The van der Waals surface area contributed by atoms with Gasteiger partial charge in [-0.15, -0.1) is 0 Å². The molecule has 2 rings (SSSR count). The van der Waals surface area contributed by atoms with Crippen molar-refractivity contribution in [3.05, 3.63) is 33.3 Å². The Bertz CT molecular complexity index is 529. The van der Waals surface area contributed by atoms with Crippen molar-refractivity contribution in [2.75, 3.05) is 5.32 Å². The number of halogens is 4. The van der Waals surface area contributed by atoms with Crippen LogP contribution < -0.4 is 5.32 Å². The van der Waals surface area contributed by atoms with Gasteiger partial charge in [-0.3, -0.25) is 10.1 Å². The Balaban J connectivity index is 1.98. The molecule has 1 aliphatic carbocycles. The number of nitro groups is 1. The van der Waals surface area contributed by atoms with Gasteiger partial charge in [-0.05, 0) is 37.8 Å². The number of alkyl halides is 3. The molecule has 8 heteroatoms. The molecule has 1 aromatic rings. The number of rotatable bonds is 3. The van der Waals surface area contributed by atoms with Gasteiger partial charge in [-0.1, -0.05) is 11.6 Å². The number of hydrogen-bond donors (Lipinski definition) is 1. The molecule has 1 N–H and O–H groups in total. The van der Waals surface area contributed by atoms with Gasteiger partial charge in [-0.2, -0.15) is 13.2 Å². The second-order valence-electron chi connectivity index (χ2n) is 5.16. The molecule has 1 saturated carbocycles. The number of nitrogens with zero attached hydrogens (tertiary/aromatic N) is 1. The highest BCUT2D eigenvalue weighted by atomic mass is 35.5. The van der Waals surface area contributed by atoms with E-state index < -0.39 is 17.0 Å². The first-order valence-electron chi connectivity index (χ1n) is 6.54. The van der Waals surface area contributed by atoms with Crippen LogP contribution in [0, 0.1) is 16.0 Å². The van der Waals surface area contributed by atoms with Gasteiger partial charge in [-0.25, -0.2) is 0 Å². The Kier molecular flexibility index (Phi) is 4.61. The molecule has 0 atom stereocenters. The Labute approximate surface area is 124 Å². The molecular formula is C13H14ClF3N2O2. The Morgan fingerprint density at radius 1 is 1.24 bits per heavy atom. The van der Waals surface area contributed by atoms with E-state index in [9.17, 15) is 23.3 Å². The highest BCUT2D eigenvalue weighted by Crippen LogP contribution is 2.38. The molecule has 116 valence electrons. The van der Waals surface area contributed by atoms with Gasteiger partial charge < -0.3 is 5.32 Å². The Hall–Kier alpha value is -1.50. The summed E-state index contributed by atoms with van der Waals surface area (Å²) in [6, 6.07) is 4.19. The maximum atomic E-state index is 12.6. The van der Waals surface area contributed by atoms with Gasteiger partial charge >= 0.3 is 6.18 Å². The number of nitro benzene ring substituents is 1. The average molecular weight is 323 g/mol. The third kappa shape index (κ3) is 4.00. The number of nitrogens with one attached hydrogen (secondary N) is 1. The SMILES string of the molecule is O=[N+]([O-])c1cc(NC2CCC(C(F)(F)F)CC2)ccc1Cl. The molecule has 4 nitrogen and oxygen atoms in total. The predicted molar refractivity (Wildman–Crippen MR) is 73.5 cm³/mol. The third-order valence-electron chi connectivity index (χ3n) is 3.70. The molecule has 21 heavy (non-hydrogen) atoms. The lowest BCUT2D eigenvalue weighted by molar-refractivity contribution is -0.384. The van der Waals surface area contributed by atoms with Gasteiger partial charge in [0.25, 0.3) is 5.69 Å². The molecule has 0 bridgehead atoms. The van der Waals surface area contributed by atoms with Crippen molar-refractivity contribution >= 4 is 23.0 Å². The van der Waals surface area contributed by atoms with Crippen molar-refractivity contribution in [2.24, 2.45) is 5.92 Å². The third-order valence-corrected chi connectivity index (χ3v) is 4.02. The minimum Gasteiger partial charge on any atom is -0.382 e. The Morgan fingerprint density at radius 3 is 2.38 bits per heavy atom. The summed E-state index contributed by atoms with van der Waals surface area (Å²) in [6.45, 7) is 0. The van der Waals surface area contributed by atoms with Gasteiger partial charge in [0, 0.05) is 17.8 Å². The monoisotopic (exact) mass is 322 g/mol. The topological polar surface area (TPSA) is 55.2 Å². The zero-order valence-electron chi connectivity index (χ0n) is 11.0. The normalized spacial score (nSPS) is 22.9. The van der Waals surface area contributed by atoms with Crippen molar-refractivity contribution in [2.45, 2.75) is 37.9 Å². The van der Waals surface area contributed by atoms with Crippen LogP contribution in [0.25, 0.3) is 0 Å². The van der Waals surface area contributed by atoms with Crippen molar-refractivity contribution in [3.63, 3.8) is 0 Å². The molecule has 0 radical (unpaired) electrons. The van der Waals surface area contributed by atoms with E-state index in [4.69, 9.17) is 11.6 Å². The highest BCUT2D eigenvalue weighted by molar-refractivity contribution is 6.32. The molecule has 1 aliphatic rings. The summed E-state index contributed by atoms with van der Waals surface area (Å²) in [5.41, 5.74) is 0.284. The summed E-state index contributed by atoms with van der Waals surface area (Å²) < 4.78 is 37.7. The maximum Gasteiger partial charge on any atom is 0.391 e. The lowest BCUT2D eigenvalue weighted by atomic mass is 9.85. The summed E-state index contributed by atoms with van der Waals surface area (Å²) in [5.74, 6) is -1.24. The quantitative estimate of drug-likeness (QED) is 0.643. The van der Waals surface area contributed by atoms with Crippen molar-refractivity contribution in [3.8, 4) is 0 Å². The molecule has 1 fully saturated rings. The highest BCUT2D eigenvalue weighted by Gasteiger charge is 2.41.